The first-order valence-corrected chi connectivity index (χ1v) is 12.7. The van der Waals surface area contributed by atoms with Crippen molar-refractivity contribution < 1.29 is 0 Å². The van der Waals surface area contributed by atoms with Gasteiger partial charge in [0.2, 0.25) is 0 Å². The van der Waals surface area contributed by atoms with Crippen molar-refractivity contribution >= 4 is 76.2 Å². The van der Waals surface area contributed by atoms with E-state index in [0.29, 0.717) is 0 Å². The zero-order chi connectivity index (χ0) is 24.0. The van der Waals surface area contributed by atoms with Crippen LogP contribution in [0.5, 0.6) is 0 Å². The van der Waals surface area contributed by atoms with Crippen LogP contribution in [0.1, 0.15) is 13.8 Å². The minimum absolute atomic E-state index is 0.879. The van der Waals surface area contributed by atoms with E-state index in [0.717, 1.165) is 24.1 Å². The number of rotatable bonds is 2. The molecule has 0 aliphatic carbocycles. The van der Waals surface area contributed by atoms with Gasteiger partial charge in [0.25, 0.3) is 0 Å². The van der Waals surface area contributed by atoms with E-state index in [1.54, 1.807) is 0 Å². The predicted molar refractivity (Wildman–Crippen MR) is 152 cm³/mol. The first-order chi connectivity index (χ1) is 17.8. The van der Waals surface area contributed by atoms with Crippen LogP contribution in [0.4, 0.5) is 0 Å². The topological polar surface area (TPSA) is 35.6 Å². The van der Waals surface area contributed by atoms with Crippen molar-refractivity contribution in [3.05, 3.63) is 85.2 Å². The van der Waals surface area contributed by atoms with Crippen LogP contribution in [-0.2, 0) is 13.1 Å². The molecule has 4 nitrogen and oxygen atoms in total. The van der Waals surface area contributed by atoms with Gasteiger partial charge in [0.1, 0.15) is 0 Å². The van der Waals surface area contributed by atoms with E-state index in [9.17, 15) is 0 Å². The summed E-state index contributed by atoms with van der Waals surface area (Å²) in [4.78, 5) is 9.82. The van der Waals surface area contributed by atoms with Crippen molar-refractivity contribution in [3.8, 4) is 0 Å². The lowest BCUT2D eigenvalue weighted by Crippen LogP contribution is -1.98. The Kier molecular flexibility index (Phi) is 3.88. The molecule has 4 heteroatoms. The third kappa shape index (κ3) is 2.25. The minimum Gasteiger partial charge on any atom is -0.339 e. The maximum absolute atomic E-state index is 4.91. The number of benzene rings is 4. The highest BCUT2D eigenvalue weighted by Gasteiger charge is 2.24. The molecule has 0 atom stereocenters. The van der Waals surface area contributed by atoms with E-state index < -0.39 is 0 Å². The molecular formula is C32H24N4. The van der Waals surface area contributed by atoms with Gasteiger partial charge in [-0.1, -0.05) is 48.5 Å². The Labute approximate surface area is 207 Å². The average Bonchev–Trinajstić information content (AvgIpc) is 3.46. The minimum atomic E-state index is 0.879. The number of nitrogens with zero attached hydrogens (tertiary/aromatic N) is 4. The monoisotopic (exact) mass is 464 g/mol. The molecule has 36 heavy (non-hydrogen) atoms. The summed E-state index contributed by atoms with van der Waals surface area (Å²) in [5, 5.41) is 10.2. The Morgan fingerprint density at radius 2 is 0.889 bits per heavy atom. The Morgan fingerprint density at radius 3 is 1.28 bits per heavy atom. The van der Waals surface area contributed by atoms with Crippen molar-refractivity contribution in [1.82, 2.24) is 19.1 Å². The Balaban J connectivity index is 1.87. The highest BCUT2D eigenvalue weighted by Crippen LogP contribution is 2.48. The Morgan fingerprint density at radius 1 is 0.500 bits per heavy atom. The van der Waals surface area contributed by atoms with Gasteiger partial charge in [0.05, 0.1) is 33.1 Å². The van der Waals surface area contributed by atoms with Crippen molar-refractivity contribution in [2.24, 2.45) is 0 Å². The number of pyridine rings is 2. The third-order valence-corrected chi connectivity index (χ3v) is 7.93. The molecule has 0 saturated heterocycles. The van der Waals surface area contributed by atoms with Crippen LogP contribution in [-0.4, -0.2) is 19.1 Å². The first-order valence-electron chi connectivity index (χ1n) is 12.7. The van der Waals surface area contributed by atoms with Crippen LogP contribution < -0.4 is 0 Å². The molecule has 0 saturated carbocycles. The molecule has 172 valence electrons. The molecule has 0 aliphatic rings. The third-order valence-electron chi connectivity index (χ3n) is 7.93. The highest BCUT2D eigenvalue weighted by atomic mass is 15.0. The van der Waals surface area contributed by atoms with Crippen LogP contribution in [0.15, 0.2) is 85.2 Å². The lowest BCUT2D eigenvalue weighted by atomic mass is 9.91. The number of aryl methyl sites for hydroxylation is 2. The lowest BCUT2D eigenvalue weighted by Gasteiger charge is -2.16. The second-order valence-electron chi connectivity index (χ2n) is 9.52. The number of aromatic nitrogens is 4. The maximum Gasteiger partial charge on any atom is 0.0966 e. The number of hydrogen-bond acceptors (Lipinski definition) is 2. The molecule has 4 aromatic heterocycles. The summed E-state index contributed by atoms with van der Waals surface area (Å²) in [5.41, 5.74) is 7.09. The van der Waals surface area contributed by atoms with Crippen molar-refractivity contribution in [2.45, 2.75) is 26.9 Å². The molecular weight excluding hydrogens is 440 g/mol. The average molecular weight is 465 g/mol. The molecule has 4 heterocycles. The molecule has 0 unspecified atom stereocenters. The number of fused-ring (bicyclic) bond motifs is 15. The molecule has 8 aromatic rings. The predicted octanol–water partition coefficient (Wildman–Crippen LogP) is 8.19. The molecule has 0 amide bonds. The SMILES string of the molecule is CCn1c2cccnc2c2c3ccccc3c3c(c4ccccc4c4c5ncccc5n(CC)c43)c21. The zero-order valence-electron chi connectivity index (χ0n) is 20.3. The maximum atomic E-state index is 4.91. The largest absolute Gasteiger partial charge is 0.339 e. The summed E-state index contributed by atoms with van der Waals surface area (Å²) in [6.45, 7) is 6.23. The molecule has 0 bridgehead atoms. The summed E-state index contributed by atoms with van der Waals surface area (Å²) < 4.78 is 4.92. The van der Waals surface area contributed by atoms with Gasteiger partial charge < -0.3 is 9.13 Å². The van der Waals surface area contributed by atoms with Gasteiger partial charge >= 0.3 is 0 Å². The standard InChI is InChI=1S/C32H24N4/c1-3-35-23-15-9-17-33-29(23)27-21-13-7-6-12-20(21)26-25(31(27)35)19-11-5-8-14-22(19)28-30-24(16-10-18-34-30)36(4-2)32(26)28/h5-18H,3-4H2,1-2H3. The molecule has 0 aliphatic heterocycles. The fourth-order valence-corrected chi connectivity index (χ4v) is 6.64. The fourth-order valence-electron chi connectivity index (χ4n) is 6.64. The van der Waals surface area contributed by atoms with Gasteiger partial charge in [-0.05, 0) is 59.7 Å². The molecule has 4 aromatic carbocycles. The van der Waals surface area contributed by atoms with Crippen molar-refractivity contribution in [2.75, 3.05) is 0 Å². The molecule has 0 N–H and O–H groups in total. The van der Waals surface area contributed by atoms with Gasteiger partial charge in [-0.2, -0.15) is 0 Å². The second kappa shape index (κ2) is 7.05. The second-order valence-corrected chi connectivity index (χ2v) is 9.52. The Bertz CT molecular complexity index is 2020. The van der Waals surface area contributed by atoms with E-state index in [2.05, 4.69) is 95.8 Å². The van der Waals surface area contributed by atoms with E-state index >= 15 is 0 Å². The smallest absolute Gasteiger partial charge is 0.0966 e. The van der Waals surface area contributed by atoms with Crippen LogP contribution in [0.3, 0.4) is 0 Å². The van der Waals surface area contributed by atoms with Gasteiger partial charge in [-0.25, -0.2) is 0 Å². The van der Waals surface area contributed by atoms with Gasteiger partial charge in [0, 0.05) is 47.0 Å². The van der Waals surface area contributed by atoms with E-state index in [-0.39, 0.29) is 0 Å². The van der Waals surface area contributed by atoms with Crippen molar-refractivity contribution in [1.29, 1.82) is 0 Å². The normalized spacial score (nSPS) is 12.4. The van der Waals surface area contributed by atoms with Crippen molar-refractivity contribution in [3.63, 3.8) is 0 Å². The van der Waals surface area contributed by atoms with Crippen LogP contribution in [0, 0.1) is 0 Å². The highest BCUT2D eigenvalue weighted by molar-refractivity contribution is 6.43. The Hall–Kier alpha value is -4.44. The van der Waals surface area contributed by atoms with Gasteiger partial charge in [-0.3, -0.25) is 9.97 Å². The van der Waals surface area contributed by atoms with Gasteiger partial charge in [0.15, 0.2) is 0 Å². The molecule has 0 spiro atoms. The lowest BCUT2D eigenvalue weighted by molar-refractivity contribution is 0.827. The first kappa shape index (κ1) is 19.8. The molecule has 0 fully saturated rings. The quantitative estimate of drug-likeness (QED) is 0.242. The van der Waals surface area contributed by atoms with Crippen LogP contribution >= 0.6 is 0 Å². The molecule has 8 rings (SSSR count). The number of hydrogen-bond donors (Lipinski definition) is 0. The van der Waals surface area contributed by atoms with Gasteiger partial charge in [-0.15, -0.1) is 0 Å². The summed E-state index contributed by atoms with van der Waals surface area (Å²) in [6, 6.07) is 26.3. The van der Waals surface area contributed by atoms with E-state index in [4.69, 9.17) is 9.97 Å². The summed E-state index contributed by atoms with van der Waals surface area (Å²) in [6.07, 6.45) is 3.84. The van der Waals surface area contributed by atoms with E-state index in [1.165, 1.54) is 65.2 Å². The fraction of sp³-hybridized carbons (Fsp3) is 0.125. The summed E-state index contributed by atoms with van der Waals surface area (Å²) in [5.74, 6) is 0. The van der Waals surface area contributed by atoms with Crippen LogP contribution in [0.2, 0.25) is 0 Å². The van der Waals surface area contributed by atoms with E-state index in [1.807, 2.05) is 12.4 Å². The molecule has 0 radical (unpaired) electrons. The summed E-state index contributed by atoms with van der Waals surface area (Å²) >= 11 is 0. The van der Waals surface area contributed by atoms with Crippen LogP contribution in [0.25, 0.3) is 76.2 Å². The zero-order valence-corrected chi connectivity index (χ0v) is 20.3. The summed E-state index contributed by atoms with van der Waals surface area (Å²) in [7, 11) is 0.